The van der Waals surface area contributed by atoms with Crippen LogP contribution in [-0.2, 0) is 6.42 Å². The lowest BCUT2D eigenvalue weighted by Gasteiger charge is -2.23. The summed E-state index contributed by atoms with van der Waals surface area (Å²) in [5.41, 5.74) is 5.39. The van der Waals surface area contributed by atoms with Gasteiger partial charge in [-0.05, 0) is 37.3 Å². The van der Waals surface area contributed by atoms with Crippen LogP contribution in [0.3, 0.4) is 0 Å². The highest BCUT2D eigenvalue weighted by Gasteiger charge is 2.31. The fourth-order valence-corrected chi connectivity index (χ4v) is 4.21. The summed E-state index contributed by atoms with van der Waals surface area (Å²) in [6.45, 7) is 2.17. The zero-order valence-corrected chi connectivity index (χ0v) is 16.8. The van der Waals surface area contributed by atoms with E-state index in [1.165, 1.54) is 11.1 Å². The van der Waals surface area contributed by atoms with Crippen molar-refractivity contribution < 1.29 is 4.79 Å². The Bertz CT molecular complexity index is 977. The molecule has 4 rings (SSSR count). The summed E-state index contributed by atoms with van der Waals surface area (Å²) in [4.78, 5) is 13.3. The fraction of sp³-hybridized carbons (Fsp3) is 0.222. The minimum absolute atomic E-state index is 0.154. The molecule has 1 aliphatic rings. The van der Waals surface area contributed by atoms with Crippen LogP contribution in [0, 0.1) is 5.92 Å². The summed E-state index contributed by atoms with van der Waals surface area (Å²) in [5.74, 6) is 0.496. The molecule has 1 N–H and O–H groups in total. The Morgan fingerprint density at radius 2 is 1.48 bits per heavy atom. The second-order valence-electron chi connectivity index (χ2n) is 7.79. The van der Waals surface area contributed by atoms with E-state index in [1.807, 2.05) is 36.4 Å². The lowest BCUT2D eigenvalue weighted by atomic mass is 9.95. The van der Waals surface area contributed by atoms with Crippen molar-refractivity contribution in [2.75, 3.05) is 0 Å². The Hall–Kier alpha value is -3.13. The maximum absolute atomic E-state index is 13.3. The number of hydrogen-bond donors (Lipinski definition) is 1. The number of rotatable bonds is 7. The molecule has 146 valence electrons. The highest BCUT2D eigenvalue weighted by Crippen LogP contribution is 2.36. The number of ketones is 1. The Labute approximate surface area is 173 Å². The number of carbonyl (C=O) groups excluding carboxylic acids is 1. The van der Waals surface area contributed by atoms with E-state index >= 15 is 0 Å². The van der Waals surface area contributed by atoms with Gasteiger partial charge >= 0.3 is 0 Å². The zero-order valence-electron chi connectivity index (χ0n) is 16.8. The van der Waals surface area contributed by atoms with E-state index in [4.69, 9.17) is 0 Å². The molecule has 0 radical (unpaired) electrons. The van der Waals surface area contributed by atoms with Crippen LogP contribution in [0.4, 0.5) is 0 Å². The molecule has 0 aromatic heterocycles. The van der Waals surface area contributed by atoms with Gasteiger partial charge in [-0.15, -0.1) is 0 Å². The molecule has 0 spiro atoms. The molecule has 2 nitrogen and oxygen atoms in total. The van der Waals surface area contributed by atoms with Gasteiger partial charge in [-0.25, -0.2) is 0 Å². The van der Waals surface area contributed by atoms with Crippen LogP contribution >= 0.6 is 0 Å². The predicted molar refractivity (Wildman–Crippen MR) is 119 cm³/mol. The monoisotopic (exact) mass is 381 g/mol. The third kappa shape index (κ3) is 4.48. The molecule has 0 saturated heterocycles. The average Bonchev–Trinajstić information content (AvgIpc) is 3.17. The van der Waals surface area contributed by atoms with Gasteiger partial charge in [0, 0.05) is 28.8 Å². The molecule has 0 heterocycles. The Balaban J connectivity index is 1.65. The molecular formula is C27H27NO. The van der Waals surface area contributed by atoms with Gasteiger partial charge in [-0.1, -0.05) is 91.0 Å². The number of allylic oxidation sites excluding steroid dienone is 2. The van der Waals surface area contributed by atoms with Crippen LogP contribution < -0.4 is 5.32 Å². The van der Waals surface area contributed by atoms with Crippen molar-refractivity contribution in [2.24, 2.45) is 5.92 Å². The van der Waals surface area contributed by atoms with Gasteiger partial charge < -0.3 is 5.32 Å². The number of carbonyl (C=O) groups is 1. The topological polar surface area (TPSA) is 29.1 Å². The molecule has 3 aromatic carbocycles. The highest BCUT2D eigenvalue weighted by molar-refractivity contribution is 6.09. The van der Waals surface area contributed by atoms with Crippen LogP contribution in [0.5, 0.6) is 0 Å². The van der Waals surface area contributed by atoms with Crippen molar-refractivity contribution in [1.29, 1.82) is 0 Å². The number of nitrogens with one attached hydrogen (secondary N) is 1. The van der Waals surface area contributed by atoms with Crippen LogP contribution in [0.25, 0.3) is 0 Å². The molecule has 0 saturated carbocycles. The molecule has 0 fully saturated rings. The summed E-state index contributed by atoms with van der Waals surface area (Å²) in [7, 11) is 0. The van der Waals surface area contributed by atoms with Crippen molar-refractivity contribution >= 4 is 5.78 Å². The summed E-state index contributed by atoms with van der Waals surface area (Å²) >= 11 is 0. The van der Waals surface area contributed by atoms with Crippen molar-refractivity contribution in [1.82, 2.24) is 5.32 Å². The third-order valence-electron chi connectivity index (χ3n) is 5.78. The molecular weight excluding hydrogens is 354 g/mol. The van der Waals surface area contributed by atoms with Gasteiger partial charge in [0.25, 0.3) is 0 Å². The molecule has 1 aliphatic carbocycles. The van der Waals surface area contributed by atoms with Crippen LogP contribution in [-0.4, -0.2) is 5.78 Å². The van der Waals surface area contributed by atoms with Crippen LogP contribution in [0.2, 0.25) is 0 Å². The molecule has 29 heavy (non-hydrogen) atoms. The van der Waals surface area contributed by atoms with E-state index in [0.29, 0.717) is 5.92 Å². The molecule has 0 amide bonds. The van der Waals surface area contributed by atoms with Crippen molar-refractivity contribution in [2.45, 2.75) is 32.2 Å². The summed E-state index contributed by atoms with van der Waals surface area (Å²) in [5, 5.41) is 3.73. The zero-order chi connectivity index (χ0) is 20.1. The van der Waals surface area contributed by atoms with Crippen molar-refractivity contribution in [3.8, 4) is 0 Å². The van der Waals surface area contributed by atoms with Gasteiger partial charge in [0.1, 0.15) is 0 Å². The Morgan fingerprint density at radius 3 is 2.14 bits per heavy atom. The minimum Gasteiger partial charge on any atom is -0.381 e. The quantitative estimate of drug-likeness (QED) is 0.499. The van der Waals surface area contributed by atoms with E-state index in [9.17, 15) is 4.79 Å². The van der Waals surface area contributed by atoms with E-state index in [-0.39, 0.29) is 11.8 Å². The second kappa shape index (κ2) is 8.91. The lowest BCUT2D eigenvalue weighted by Crippen LogP contribution is -2.24. The van der Waals surface area contributed by atoms with E-state index in [2.05, 4.69) is 66.8 Å². The van der Waals surface area contributed by atoms with Gasteiger partial charge in [0.15, 0.2) is 5.78 Å². The number of benzene rings is 3. The predicted octanol–water partition coefficient (Wildman–Crippen LogP) is 6.13. The molecule has 2 heteroatoms. The molecule has 3 aromatic rings. The first-order valence-corrected chi connectivity index (χ1v) is 10.4. The maximum atomic E-state index is 13.3. The molecule has 0 bridgehead atoms. The Morgan fingerprint density at radius 1 is 0.897 bits per heavy atom. The third-order valence-corrected chi connectivity index (χ3v) is 5.78. The van der Waals surface area contributed by atoms with Crippen LogP contribution in [0.15, 0.2) is 102 Å². The highest BCUT2D eigenvalue weighted by atomic mass is 16.1. The van der Waals surface area contributed by atoms with Gasteiger partial charge in [-0.3, -0.25) is 4.79 Å². The van der Waals surface area contributed by atoms with E-state index < -0.39 is 0 Å². The Kier molecular flexibility index (Phi) is 5.90. The summed E-state index contributed by atoms with van der Waals surface area (Å²) in [6.07, 6.45) is 2.79. The summed E-state index contributed by atoms with van der Waals surface area (Å²) < 4.78 is 0. The van der Waals surface area contributed by atoms with Crippen molar-refractivity contribution in [3.05, 3.63) is 119 Å². The summed E-state index contributed by atoms with van der Waals surface area (Å²) in [6, 6.07) is 30.8. The first kappa shape index (κ1) is 19.2. The van der Waals surface area contributed by atoms with E-state index in [1.54, 1.807) is 0 Å². The SMILES string of the molecule is C[C@@H](NC1=C(C(=O)c2ccccc2)CC[C@@H]1Cc1ccccc1)c1ccccc1. The maximum Gasteiger partial charge on any atom is 0.190 e. The molecule has 0 unspecified atom stereocenters. The van der Waals surface area contributed by atoms with Crippen LogP contribution in [0.1, 0.15) is 47.3 Å². The normalized spacial score (nSPS) is 17.2. The molecule has 0 aliphatic heterocycles. The van der Waals surface area contributed by atoms with Gasteiger partial charge in [-0.2, -0.15) is 0 Å². The first-order chi connectivity index (χ1) is 14.2. The standard InChI is InChI=1S/C27H27NO/c1-20(22-13-7-3-8-14-22)28-26-24(19-21-11-5-2-6-12-21)17-18-25(26)27(29)23-15-9-4-10-16-23/h2-16,20,24,28H,17-19H2,1H3/t20-,24-/m1/s1. The van der Waals surface area contributed by atoms with Gasteiger partial charge in [0.05, 0.1) is 0 Å². The minimum atomic E-state index is 0.154. The molecule has 2 atom stereocenters. The average molecular weight is 382 g/mol. The smallest absolute Gasteiger partial charge is 0.190 e. The van der Waals surface area contributed by atoms with Gasteiger partial charge in [0.2, 0.25) is 0 Å². The largest absolute Gasteiger partial charge is 0.381 e. The second-order valence-corrected chi connectivity index (χ2v) is 7.79. The lowest BCUT2D eigenvalue weighted by molar-refractivity contribution is 0.103. The van der Waals surface area contributed by atoms with E-state index in [0.717, 1.165) is 36.1 Å². The van der Waals surface area contributed by atoms with Crippen molar-refractivity contribution in [3.63, 3.8) is 0 Å². The number of hydrogen-bond acceptors (Lipinski definition) is 2. The number of Topliss-reactive ketones (excluding diaryl/α,β-unsaturated/α-hetero) is 1. The fourth-order valence-electron chi connectivity index (χ4n) is 4.21. The first-order valence-electron chi connectivity index (χ1n) is 10.4.